The molecule has 0 atom stereocenters. The molecule has 0 aromatic rings. The first-order valence-electron chi connectivity index (χ1n) is 4.60. The molecule has 0 saturated heterocycles. The highest BCUT2D eigenvalue weighted by molar-refractivity contribution is 7.54. The molecule has 0 fully saturated rings. The maximum atomic E-state index is 13.1. The molecule has 0 amide bonds. The number of halogens is 2. The van der Waals surface area contributed by atoms with Crippen molar-refractivity contribution in [3.05, 3.63) is 12.2 Å². The van der Waals surface area contributed by atoms with E-state index in [1.165, 1.54) is 6.08 Å². The zero-order valence-corrected chi connectivity index (χ0v) is 10.3. The largest absolute Gasteiger partial charge is 0.337 e. The van der Waals surface area contributed by atoms with E-state index in [9.17, 15) is 18.1 Å². The van der Waals surface area contributed by atoms with Crippen LogP contribution < -0.4 is 0 Å². The summed E-state index contributed by atoms with van der Waals surface area (Å²) < 4.78 is 46.6. The van der Waals surface area contributed by atoms with Crippen LogP contribution in [0.2, 0.25) is 0 Å². The summed E-state index contributed by atoms with van der Waals surface area (Å²) in [6.45, 7) is 1.66. The maximum Gasteiger partial charge on any atom is 0.337 e. The highest BCUT2D eigenvalue weighted by Crippen LogP contribution is 2.47. The van der Waals surface area contributed by atoms with E-state index in [1.54, 1.807) is 6.92 Å². The van der Waals surface area contributed by atoms with Crippen molar-refractivity contribution in [2.45, 2.75) is 19.3 Å². The molecule has 0 heterocycles. The zero-order valence-electron chi connectivity index (χ0n) is 9.41. The number of allylic oxidation sites excluding steroid dienone is 2. The van der Waals surface area contributed by atoms with E-state index in [0.717, 1.165) is 14.2 Å². The quantitative estimate of drug-likeness (QED) is 0.519. The minimum atomic E-state index is -3.73. The fourth-order valence-electron chi connectivity index (χ4n) is 0.844. The summed E-state index contributed by atoms with van der Waals surface area (Å²) in [5.74, 6) is -5.12. The predicted octanol–water partition coefficient (Wildman–Crippen LogP) is 2.64. The van der Waals surface area contributed by atoms with Crippen molar-refractivity contribution in [1.82, 2.24) is 0 Å². The Morgan fingerprint density at radius 1 is 1.38 bits per heavy atom. The van der Waals surface area contributed by atoms with Gasteiger partial charge in [-0.3, -0.25) is 9.36 Å². The number of hydrogen-bond acceptors (Lipinski definition) is 4. The van der Waals surface area contributed by atoms with E-state index in [2.05, 4.69) is 9.05 Å². The predicted molar refractivity (Wildman–Crippen MR) is 55.9 cm³/mol. The molecule has 0 aromatic heterocycles. The zero-order chi connectivity index (χ0) is 12.8. The number of rotatable bonds is 7. The van der Waals surface area contributed by atoms with Gasteiger partial charge in [-0.05, 0) is 12.5 Å². The average Bonchev–Trinajstić information content (AvgIpc) is 2.26. The van der Waals surface area contributed by atoms with E-state index in [-0.39, 0.29) is 0 Å². The Labute approximate surface area is 93.2 Å². The third kappa shape index (κ3) is 4.51. The van der Waals surface area contributed by atoms with Crippen molar-refractivity contribution in [3.63, 3.8) is 0 Å². The lowest BCUT2D eigenvalue weighted by atomic mass is 10.2. The van der Waals surface area contributed by atoms with Gasteiger partial charge in [0.05, 0.1) is 0 Å². The lowest BCUT2D eigenvalue weighted by Gasteiger charge is -2.15. The number of carbonyl (C=O) groups is 1. The van der Waals surface area contributed by atoms with Crippen molar-refractivity contribution in [2.75, 3.05) is 20.4 Å². The molecule has 0 saturated carbocycles. The number of hydrogen-bond donors (Lipinski definition) is 0. The number of ketones is 1. The lowest BCUT2D eigenvalue weighted by molar-refractivity contribution is -0.134. The van der Waals surface area contributed by atoms with Crippen LogP contribution >= 0.6 is 7.60 Å². The van der Waals surface area contributed by atoms with Crippen molar-refractivity contribution < 1.29 is 27.2 Å². The van der Waals surface area contributed by atoms with Gasteiger partial charge in [-0.15, -0.1) is 0 Å². The van der Waals surface area contributed by atoms with Gasteiger partial charge in [0.1, 0.15) is 6.16 Å². The van der Waals surface area contributed by atoms with Gasteiger partial charge >= 0.3 is 13.5 Å². The second-order valence-corrected chi connectivity index (χ2v) is 5.26. The molecular formula is C9H15F2O4P. The van der Waals surface area contributed by atoms with E-state index in [4.69, 9.17) is 0 Å². The van der Waals surface area contributed by atoms with Crippen LogP contribution in [0.1, 0.15) is 13.3 Å². The van der Waals surface area contributed by atoms with Gasteiger partial charge in [0.25, 0.3) is 0 Å². The van der Waals surface area contributed by atoms with Crippen LogP contribution in [-0.2, 0) is 18.4 Å². The third-order valence-corrected chi connectivity index (χ3v) is 3.62. The molecule has 0 N–H and O–H groups in total. The van der Waals surface area contributed by atoms with Gasteiger partial charge in [-0.1, -0.05) is 13.0 Å². The third-order valence-electron chi connectivity index (χ3n) is 1.83. The first-order chi connectivity index (χ1) is 7.31. The number of Topliss-reactive ketones (excluding diaryl/α,β-unsaturated/α-hetero) is 1. The molecule has 4 nitrogen and oxygen atoms in total. The second-order valence-electron chi connectivity index (χ2n) is 2.99. The van der Waals surface area contributed by atoms with Gasteiger partial charge in [0.2, 0.25) is 5.78 Å². The Hall–Kier alpha value is -0.580. The fraction of sp³-hybridized carbons (Fsp3) is 0.667. The fourth-order valence-corrected chi connectivity index (χ4v) is 1.81. The minimum Gasteiger partial charge on any atom is -0.312 e. The van der Waals surface area contributed by atoms with Crippen molar-refractivity contribution in [1.29, 1.82) is 0 Å². The van der Waals surface area contributed by atoms with Gasteiger partial charge in [-0.25, -0.2) is 0 Å². The molecule has 0 rings (SSSR count). The van der Waals surface area contributed by atoms with Crippen LogP contribution in [0.5, 0.6) is 0 Å². The smallest absolute Gasteiger partial charge is 0.312 e. The highest BCUT2D eigenvalue weighted by atomic mass is 31.2. The molecule has 0 radical (unpaired) electrons. The number of alkyl halides is 2. The van der Waals surface area contributed by atoms with E-state index < -0.39 is 25.5 Å². The van der Waals surface area contributed by atoms with Crippen molar-refractivity contribution >= 4 is 13.4 Å². The summed E-state index contributed by atoms with van der Waals surface area (Å²) in [5, 5.41) is 0. The lowest BCUT2D eigenvalue weighted by Crippen LogP contribution is -2.29. The van der Waals surface area contributed by atoms with Crippen LogP contribution in [0.4, 0.5) is 8.78 Å². The SMILES string of the molecule is CC/C=C\C(F)(F)C(=O)CP(=O)(OC)OC. The molecule has 0 aliphatic carbocycles. The standard InChI is InChI=1S/C9H15F2O4P/c1-4-5-6-9(10,11)8(12)7-16(13,14-2)15-3/h5-6H,4,7H2,1-3H3/b6-5-. The Balaban J connectivity index is 4.69. The normalized spacial score (nSPS) is 13.3. The molecule has 0 bridgehead atoms. The summed E-state index contributed by atoms with van der Waals surface area (Å²) in [7, 11) is -1.65. The summed E-state index contributed by atoms with van der Waals surface area (Å²) in [6, 6.07) is 0. The van der Waals surface area contributed by atoms with Crippen LogP contribution in [0, 0.1) is 0 Å². The molecular weight excluding hydrogens is 241 g/mol. The Kier molecular flexibility index (Phi) is 6.00. The molecule has 0 aliphatic heterocycles. The molecule has 0 spiro atoms. The first-order valence-corrected chi connectivity index (χ1v) is 6.33. The average molecular weight is 256 g/mol. The Bertz CT molecular complexity index is 307. The second kappa shape index (κ2) is 6.23. The van der Waals surface area contributed by atoms with Crippen LogP contribution in [0.15, 0.2) is 12.2 Å². The molecule has 0 unspecified atom stereocenters. The maximum absolute atomic E-state index is 13.1. The monoisotopic (exact) mass is 256 g/mol. The van der Waals surface area contributed by atoms with Crippen LogP contribution in [0.25, 0.3) is 0 Å². The van der Waals surface area contributed by atoms with E-state index in [0.29, 0.717) is 12.5 Å². The summed E-state index contributed by atoms with van der Waals surface area (Å²) in [6.07, 6.45) is 1.10. The van der Waals surface area contributed by atoms with Gasteiger partial charge in [0, 0.05) is 14.2 Å². The molecule has 7 heteroatoms. The highest BCUT2D eigenvalue weighted by Gasteiger charge is 2.40. The van der Waals surface area contributed by atoms with Crippen LogP contribution in [0.3, 0.4) is 0 Å². The van der Waals surface area contributed by atoms with Gasteiger partial charge in [0.15, 0.2) is 0 Å². The topological polar surface area (TPSA) is 52.6 Å². The molecule has 0 aliphatic rings. The van der Waals surface area contributed by atoms with Crippen molar-refractivity contribution in [3.8, 4) is 0 Å². The van der Waals surface area contributed by atoms with Gasteiger partial charge < -0.3 is 9.05 Å². The van der Waals surface area contributed by atoms with Gasteiger partial charge in [-0.2, -0.15) is 8.78 Å². The summed E-state index contributed by atoms with van der Waals surface area (Å²) >= 11 is 0. The molecule has 16 heavy (non-hydrogen) atoms. The minimum absolute atomic E-state index is 0.384. The summed E-state index contributed by atoms with van der Waals surface area (Å²) in [5.41, 5.74) is 0. The Morgan fingerprint density at radius 2 is 1.88 bits per heavy atom. The number of carbonyl (C=O) groups excluding carboxylic acids is 1. The van der Waals surface area contributed by atoms with E-state index >= 15 is 0 Å². The van der Waals surface area contributed by atoms with Crippen LogP contribution in [-0.4, -0.2) is 32.1 Å². The molecule has 94 valence electrons. The van der Waals surface area contributed by atoms with Crippen molar-refractivity contribution in [2.24, 2.45) is 0 Å². The first kappa shape index (κ1) is 15.4. The molecule has 0 aromatic carbocycles. The van der Waals surface area contributed by atoms with E-state index in [1.807, 2.05) is 0 Å². The Morgan fingerprint density at radius 3 is 2.25 bits per heavy atom. The summed E-state index contributed by atoms with van der Waals surface area (Å²) in [4.78, 5) is 11.2.